The number of rotatable bonds is 8. The first-order chi connectivity index (χ1) is 15.8. The van der Waals surface area contributed by atoms with E-state index in [9.17, 15) is 22.8 Å². The van der Waals surface area contributed by atoms with Gasteiger partial charge >= 0.3 is 12.2 Å². The van der Waals surface area contributed by atoms with Gasteiger partial charge in [0.1, 0.15) is 5.41 Å². The highest BCUT2D eigenvalue weighted by Crippen LogP contribution is 2.41. The molecule has 0 aliphatic rings. The molecule has 2 rings (SSSR count). The summed E-state index contributed by atoms with van der Waals surface area (Å²) in [7, 11) is 0. The van der Waals surface area contributed by atoms with Crippen LogP contribution in [0.5, 0.6) is 0 Å². The van der Waals surface area contributed by atoms with Crippen molar-refractivity contribution >= 4 is 29.0 Å². The van der Waals surface area contributed by atoms with Gasteiger partial charge in [-0.25, -0.2) is 14.8 Å². The molecule has 3 amide bonds. The van der Waals surface area contributed by atoms with E-state index in [4.69, 9.17) is 9.26 Å². The van der Waals surface area contributed by atoms with Gasteiger partial charge in [0.25, 0.3) is 5.91 Å². The zero-order valence-corrected chi connectivity index (χ0v) is 19.2. The molecule has 3 N–H and O–H groups in total. The second kappa shape index (κ2) is 10.8. The van der Waals surface area contributed by atoms with Crippen molar-refractivity contribution in [3.63, 3.8) is 0 Å². The lowest BCUT2D eigenvalue weighted by Gasteiger charge is -2.24. The largest absolute Gasteiger partial charge is 0.501 e. The van der Waals surface area contributed by atoms with Crippen LogP contribution in [0.1, 0.15) is 45.0 Å². The van der Waals surface area contributed by atoms with Crippen LogP contribution in [0.3, 0.4) is 0 Å². The Morgan fingerprint density at radius 2 is 1.94 bits per heavy atom. The molecule has 0 aliphatic heterocycles. The van der Waals surface area contributed by atoms with E-state index in [1.54, 1.807) is 20.8 Å². The maximum atomic E-state index is 13.1. The predicted molar refractivity (Wildman–Crippen MR) is 118 cm³/mol. The Bertz CT molecular complexity index is 1090. The lowest BCUT2D eigenvalue weighted by atomic mass is 9.89. The van der Waals surface area contributed by atoms with Gasteiger partial charge in [-0.15, -0.1) is 0 Å². The second-order valence-electron chi connectivity index (χ2n) is 7.57. The molecule has 0 spiro atoms. The molecule has 184 valence electrons. The molecule has 34 heavy (non-hydrogen) atoms. The molecule has 0 unspecified atom stereocenters. The number of nitrogens with zero attached hydrogens (tertiary/aromatic N) is 3. The maximum Gasteiger partial charge on any atom is 0.401 e. The number of urea groups is 1. The summed E-state index contributed by atoms with van der Waals surface area (Å²) in [5.41, 5.74) is -1.05. The minimum absolute atomic E-state index is 0.187. The Kier molecular flexibility index (Phi) is 8.38. The summed E-state index contributed by atoms with van der Waals surface area (Å²) in [6.45, 7) is 7.43. The molecule has 0 saturated heterocycles. The van der Waals surface area contributed by atoms with Gasteiger partial charge in [-0.05, 0) is 34.6 Å². The van der Waals surface area contributed by atoms with Gasteiger partial charge in [-0.3, -0.25) is 10.1 Å². The number of alkyl halides is 3. The predicted octanol–water partition coefficient (Wildman–Crippen LogP) is 4.28. The number of nitrogens with one attached hydrogen (secondary N) is 3. The number of anilines is 2. The van der Waals surface area contributed by atoms with Gasteiger partial charge in [0, 0.05) is 23.9 Å². The third-order valence-electron chi connectivity index (χ3n) is 4.57. The van der Waals surface area contributed by atoms with Gasteiger partial charge < -0.3 is 19.9 Å². The molecule has 2 aromatic rings. The number of hydrogen-bond donors (Lipinski definition) is 3. The number of allylic oxidation sites excluding steroid dienone is 1. The number of aryl methyl sites for hydroxylation is 1. The first-order valence-corrected chi connectivity index (χ1v) is 10.1. The van der Waals surface area contributed by atoms with Crippen LogP contribution in [-0.4, -0.2) is 39.8 Å². The van der Waals surface area contributed by atoms with Crippen molar-refractivity contribution in [2.75, 3.05) is 17.2 Å². The number of hydrogen-bond acceptors (Lipinski definition) is 7. The average Bonchev–Trinajstić information content (AvgIpc) is 3.22. The number of halogens is 3. The summed E-state index contributed by atoms with van der Waals surface area (Å²) in [6.07, 6.45) is 0.733. The quantitative estimate of drug-likeness (QED) is 0.378. The summed E-state index contributed by atoms with van der Waals surface area (Å²) in [4.78, 5) is 32.3. The normalized spacial score (nSPS) is 12.5. The van der Waals surface area contributed by atoms with Gasteiger partial charge in [-0.2, -0.15) is 13.2 Å². The second-order valence-corrected chi connectivity index (χ2v) is 7.57. The maximum absolute atomic E-state index is 13.1. The minimum Gasteiger partial charge on any atom is -0.501 e. The van der Waals surface area contributed by atoms with E-state index in [2.05, 4.69) is 31.1 Å². The van der Waals surface area contributed by atoms with Gasteiger partial charge in [0.2, 0.25) is 0 Å². The van der Waals surface area contributed by atoms with Crippen LogP contribution in [0.15, 0.2) is 35.3 Å². The molecule has 13 heteroatoms. The molecule has 2 heterocycles. The van der Waals surface area contributed by atoms with Crippen LogP contribution in [0, 0.1) is 6.92 Å². The summed E-state index contributed by atoms with van der Waals surface area (Å²) >= 11 is 0. The van der Waals surface area contributed by atoms with Crippen LogP contribution in [0.4, 0.5) is 29.5 Å². The van der Waals surface area contributed by atoms with E-state index in [0.717, 1.165) is 19.9 Å². The average molecular weight is 482 g/mol. The molecule has 0 radical (unpaired) electrons. The Morgan fingerprint density at radius 1 is 1.24 bits per heavy atom. The number of carbonyl (C=O) groups excluding carboxylic acids is 2. The highest BCUT2D eigenvalue weighted by atomic mass is 19.4. The molecule has 0 saturated carbocycles. The van der Waals surface area contributed by atoms with E-state index in [1.165, 1.54) is 24.7 Å². The van der Waals surface area contributed by atoms with Crippen LogP contribution in [-0.2, 0) is 14.9 Å². The van der Waals surface area contributed by atoms with Crippen LogP contribution >= 0.6 is 0 Å². The van der Waals surface area contributed by atoms with Crippen LogP contribution < -0.4 is 16.0 Å². The third kappa shape index (κ3) is 6.80. The molecule has 0 fully saturated rings. The molecule has 10 nitrogen and oxygen atoms in total. The smallest absolute Gasteiger partial charge is 0.401 e. The monoisotopic (exact) mass is 482 g/mol. The van der Waals surface area contributed by atoms with Crippen molar-refractivity contribution < 1.29 is 32.0 Å². The van der Waals surface area contributed by atoms with Crippen LogP contribution in [0.25, 0.3) is 5.57 Å². The molecular weight excluding hydrogens is 457 g/mol. The van der Waals surface area contributed by atoms with Crippen molar-refractivity contribution in [3.8, 4) is 0 Å². The number of ether oxygens (including phenoxy) is 1. The summed E-state index contributed by atoms with van der Waals surface area (Å²) in [6, 6.07) is 0.232. The summed E-state index contributed by atoms with van der Waals surface area (Å²) in [5.74, 6) is -0.711. The van der Waals surface area contributed by atoms with Crippen LogP contribution in [0.2, 0.25) is 0 Å². The first kappa shape index (κ1) is 26.4. The van der Waals surface area contributed by atoms with E-state index in [-0.39, 0.29) is 11.5 Å². The standard InChI is InChI=1S/C21H25F3N6O4/c1-6-33-8-7-17(31)25-10-12(2)18-26-11-14(13(3)27-18)28-19(32)29-16-9-15(34-30-16)20(4,5)21(22,23)24/h7-11H,6H2,1-5H3,(H,25,31)(H2,28,29,30,32)/b8-7+,12-10+. The van der Waals surface area contributed by atoms with E-state index in [0.29, 0.717) is 23.7 Å². The number of amides is 3. The van der Waals surface area contributed by atoms with Crippen molar-refractivity contribution in [3.05, 3.63) is 48.1 Å². The molecule has 0 bridgehead atoms. The lowest BCUT2D eigenvalue weighted by Crippen LogP contribution is -2.35. The van der Waals surface area contributed by atoms with Gasteiger partial charge in [0.05, 0.1) is 30.4 Å². The Hall–Kier alpha value is -3.90. The molecule has 0 atom stereocenters. The van der Waals surface area contributed by atoms with Crippen molar-refractivity contribution in [1.29, 1.82) is 0 Å². The third-order valence-corrected chi connectivity index (χ3v) is 4.57. The first-order valence-electron chi connectivity index (χ1n) is 10.1. The molecule has 0 aromatic carbocycles. The Morgan fingerprint density at radius 3 is 2.56 bits per heavy atom. The lowest BCUT2D eigenvalue weighted by molar-refractivity contribution is -0.185. The van der Waals surface area contributed by atoms with E-state index in [1.807, 2.05) is 0 Å². The SMILES string of the molecule is CCO/C=C/C(=O)N/C=C(\C)c1ncc(NC(=O)Nc2cc(C(C)(C)C(F)(F)F)on2)c(C)n1. The fraction of sp³-hybridized carbons (Fsp3) is 0.381. The van der Waals surface area contributed by atoms with E-state index >= 15 is 0 Å². The Labute approximate surface area is 193 Å². The highest BCUT2D eigenvalue weighted by Gasteiger charge is 2.51. The molecule has 0 aliphatic carbocycles. The number of aromatic nitrogens is 3. The van der Waals surface area contributed by atoms with Crippen molar-refractivity contribution in [1.82, 2.24) is 20.4 Å². The fourth-order valence-corrected chi connectivity index (χ4v) is 2.32. The van der Waals surface area contributed by atoms with E-state index < -0.39 is 29.3 Å². The number of carbonyl (C=O) groups is 2. The minimum atomic E-state index is -4.56. The Balaban J connectivity index is 2.01. The van der Waals surface area contributed by atoms with Gasteiger partial charge in [0.15, 0.2) is 17.4 Å². The highest BCUT2D eigenvalue weighted by molar-refractivity contribution is 5.99. The molecular formula is C21H25F3N6O4. The molecule has 2 aromatic heterocycles. The fourth-order valence-electron chi connectivity index (χ4n) is 2.32. The topological polar surface area (TPSA) is 131 Å². The summed E-state index contributed by atoms with van der Waals surface area (Å²) in [5, 5.41) is 10.8. The zero-order chi connectivity index (χ0) is 25.5. The summed E-state index contributed by atoms with van der Waals surface area (Å²) < 4.78 is 49.1. The zero-order valence-electron chi connectivity index (χ0n) is 19.2. The van der Waals surface area contributed by atoms with Crippen molar-refractivity contribution in [2.24, 2.45) is 0 Å². The van der Waals surface area contributed by atoms with Crippen molar-refractivity contribution in [2.45, 2.75) is 46.2 Å². The van der Waals surface area contributed by atoms with Gasteiger partial charge in [-0.1, -0.05) is 5.16 Å².